The molecule has 1 aromatic carbocycles. The van der Waals surface area contributed by atoms with Crippen LogP contribution in [-0.4, -0.2) is 0 Å². The lowest BCUT2D eigenvalue weighted by atomic mass is 9.72. The minimum Gasteiger partial charge on any atom is -0.321 e. The molecule has 0 spiro atoms. The van der Waals surface area contributed by atoms with Crippen molar-refractivity contribution in [1.82, 2.24) is 0 Å². The largest absolute Gasteiger partial charge is 0.321 e. The average Bonchev–Trinajstić information content (AvgIpc) is 2.69. The molecule has 1 atom stereocenters. The average molecular weight is 245 g/mol. The standard InChI is InChI=1S/C17H27N/c1-2-14-17(18,16-12-8-5-9-13-16)15-10-6-3-4-7-11-15/h5,8-9,12-13,15H,2-4,6-7,10-11,14,18H2,1H3. The van der Waals surface area contributed by atoms with Crippen LogP contribution in [0.5, 0.6) is 0 Å². The summed E-state index contributed by atoms with van der Waals surface area (Å²) < 4.78 is 0. The van der Waals surface area contributed by atoms with Gasteiger partial charge in [0, 0.05) is 5.54 Å². The maximum absolute atomic E-state index is 6.87. The molecule has 1 fully saturated rings. The Labute approximate surface area is 112 Å². The van der Waals surface area contributed by atoms with Gasteiger partial charge in [0.25, 0.3) is 0 Å². The van der Waals surface area contributed by atoms with Crippen molar-refractivity contribution < 1.29 is 0 Å². The third kappa shape index (κ3) is 2.95. The summed E-state index contributed by atoms with van der Waals surface area (Å²) in [5.41, 5.74) is 8.12. The second kappa shape index (κ2) is 6.38. The van der Waals surface area contributed by atoms with E-state index >= 15 is 0 Å². The summed E-state index contributed by atoms with van der Waals surface area (Å²) in [6, 6.07) is 10.8. The van der Waals surface area contributed by atoms with Gasteiger partial charge in [0.1, 0.15) is 0 Å². The van der Waals surface area contributed by atoms with Crippen LogP contribution in [0.25, 0.3) is 0 Å². The van der Waals surface area contributed by atoms with Crippen molar-refractivity contribution in [3.05, 3.63) is 35.9 Å². The fourth-order valence-corrected chi connectivity index (χ4v) is 3.54. The van der Waals surface area contributed by atoms with Gasteiger partial charge in [0.15, 0.2) is 0 Å². The predicted octanol–water partition coefficient (Wildman–Crippen LogP) is 4.61. The van der Waals surface area contributed by atoms with Crippen LogP contribution < -0.4 is 5.73 Å². The highest BCUT2D eigenvalue weighted by Gasteiger charge is 2.35. The zero-order chi connectivity index (χ0) is 12.8. The Morgan fingerprint density at radius 1 is 1.06 bits per heavy atom. The minimum absolute atomic E-state index is 0.0969. The van der Waals surface area contributed by atoms with E-state index in [1.54, 1.807) is 0 Å². The molecule has 0 amide bonds. The van der Waals surface area contributed by atoms with Gasteiger partial charge in [-0.15, -0.1) is 0 Å². The van der Waals surface area contributed by atoms with E-state index in [0.717, 1.165) is 6.42 Å². The van der Waals surface area contributed by atoms with Crippen molar-refractivity contribution >= 4 is 0 Å². The Balaban J connectivity index is 2.24. The van der Waals surface area contributed by atoms with Gasteiger partial charge in [0.05, 0.1) is 0 Å². The molecule has 1 saturated carbocycles. The van der Waals surface area contributed by atoms with E-state index < -0.39 is 0 Å². The molecule has 1 unspecified atom stereocenters. The number of hydrogen-bond acceptors (Lipinski definition) is 1. The lowest BCUT2D eigenvalue weighted by Gasteiger charge is -2.38. The molecule has 1 aliphatic rings. The Morgan fingerprint density at radius 2 is 1.67 bits per heavy atom. The molecule has 0 heterocycles. The van der Waals surface area contributed by atoms with E-state index in [9.17, 15) is 0 Å². The molecule has 0 aromatic heterocycles. The highest BCUT2D eigenvalue weighted by molar-refractivity contribution is 5.25. The summed E-state index contributed by atoms with van der Waals surface area (Å²) in [4.78, 5) is 0. The molecule has 1 nitrogen and oxygen atoms in total. The second-order valence-electron chi connectivity index (χ2n) is 5.84. The van der Waals surface area contributed by atoms with E-state index in [4.69, 9.17) is 5.73 Å². The van der Waals surface area contributed by atoms with Crippen molar-refractivity contribution in [2.75, 3.05) is 0 Å². The molecule has 0 radical (unpaired) electrons. The number of rotatable bonds is 4. The van der Waals surface area contributed by atoms with Crippen LogP contribution in [0, 0.1) is 5.92 Å². The fourth-order valence-electron chi connectivity index (χ4n) is 3.54. The molecule has 0 aliphatic heterocycles. The van der Waals surface area contributed by atoms with Crippen LogP contribution in [0.1, 0.15) is 63.9 Å². The molecule has 100 valence electrons. The lowest BCUT2D eigenvalue weighted by Crippen LogP contribution is -2.44. The molecule has 0 saturated heterocycles. The van der Waals surface area contributed by atoms with E-state index in [2.05, 4.69) is 37.3 Å². The minimum atomic E-state index is -0.0969. The zero-order valence-electron chi connectivity index (χ0n) is 11.7. The molecule has 18 heavy (non-hydrogen) atoms. The van der Waals surface area contributed by atoms with Gasteiger partial charge in [-0.2, -0.15) is 0 Å². The Morgan fingerprint density at radius 3 is 2.22 bits per heavy atom. The smallest absolute Gasteiger partial charge is 0.0438 e. The molecule has 1 heteroatoms. The fraction of sp³-hybridized carbons (Fsp3) is 0.647. The van der Waals surface area contributed by atoms with Crippen LogP contribution in [0.15, 0.2) is 30.3 Å². The Kier molecular flexibility index (Phi) is 4.82. The first-order chi connectivity index (χ1) is 8.77. The van der Waals surface area contributed by atoms with Crippen LogP contribution in [0.4, 0.5) is 0 Å². The maximum atomic E-state index is 6.87. The van der Waals surface area contributed by atoms with Crippen LogP contribution in [0.3, 0.4) is 0 Å². The number of benzene rings is 1. The SMILES string of the molecule is CCCC(N)(c1ccccc1)C1CCCCCC1. The summed E-state index contributed by atoms with van der Waals surface area (Å²) in [6.07, 6.45) is 10.4. The van der Waals surface area contributed by atoms with E-state index in [0.29, 0.717) is 5.92 Å². The molecule has 2 N–H and O–H groups in total. The third-order valence-electron chi connectivity index (χ3n) is 4.56. The van der Waals surface area contributed by atoms with E-state index in [1.807, 2.05) is 0 Å². The van der Waals surface area contributed by atoms with E-state index in [-0.39, 0.29) is 5.54 Å². The Bertz CT molecular complexity index is 338. The summed E-state index contributed by atoms with van der Waals surface area (Å²) in [7, 11) is 0. The van der Waals surface area contributed by atoms with Gasteiger partial charge in [-0.3, -0.25) is 0 Å². The van der Waals surface area contributed by atoms with E-state index in [1.165, 1.54) is 50.5 Å². The van der Waals surface area contributed by atoms with Crippen LogP contribution >= 0.6 is 0 Å². The summed E-state index contributed by atoms with van der Waals surface area (Å²) in [6.45, 7) is 2.25. The normalized spacial score (nSPS) is 21.2. The molecular formula is C17H27N. The monoisotopic (exact) mass is 245 g/mol. The Hall–Kier alpha value is -0.820. The third-order valence-corrected chi connectivity index (χ3v) is 4.56. The molecular weight excluding hydrogens is 218 g/mol. The molecule has 0 bridgehead atoms. The van der Waals surface area contributed by atoms with Gasteiger partial charge in [-0.25, -0.2) is 0 Å². The van der Waals surface area contributed by atoms with Crippen molar-refractivity contribution in [1.29, 1.82) is 0 Å². The first-order valence-electron chi connectivity index (χ1n) is 7.62. The first-order valence-corrected chi connectivity index (χ1v) is 7.62. The van der Waals surface area contributed by atoms with Gasteiger partial charge in [-0.05, 0) is 30.7 Å². The maximum Gasteiger partial charge on any atom is 0.0438 e. The summed E-state index contributed by atoms with van der Waals surface area (Å²) >= 11 is 0. The summed E-state index contributed by atoms with van der Waals surface area (Å²) in [5.74, 6) is 0.669. The van der Waals surface area contributed by atoms with Gasteiger partial charge in [0.2, 0.25) is 0 Å². The van der Waals surface area contributed by atoms with Crippen molar-refractivity contribution in [3.63, 3.8) is 0 Å². The highest BCUT2D eigenvalue weighted by Crippen LogP contribution is 2.39. The van der Waals surface area contributed by atoms with Crippen LogP contribution in [0.2, 0.25) is 0 Å². The van der Waals surface area contributed by atoms with Crippen molar-refractivity contribution in [2.24, 2.45) is 11.7 Å². The quantitative estimate of drug-likeness (QED) is 0.770. The van der Waals surface area contributed by atoms with Crippen molar-refractivity contribution in [3.8, 4) is 0 Å². The molecule has 1 aromatic rings. The van der Waals surface area contributed by atoms with Crippen LogP contribution in [-0.2, 0) is 5.54 Å². The second-order valence-corrected chi connectivity index (χ2v) is 5.84. The van der Waals surface area contributed by atoms with Gasteiger partial charge >= 0.3 is 0 Å². The molecule has 2 rings (SSSR count). The predicted molar refractivity (Wildman–Crippen MR) is 78.4 cm³/mol. The number of hydrogen-bond donors (Lipinski definition) is 1. The van der Waals surface area contributed by atoms with Crippen molar-refractivity contribution in [2.45, 2.75) is 63.8 Å². The van der Waals surface area contributed by atoms with Gasteiger partial charge in [-0.1, -0.05) is 69.4 Å². The highest BCUT2D eigenvalue weighted by atomic mass is 14.8. The topological polar surface area (TPSA) is 26.0 Å². The zero-order valence-corrected chi connectivity index (χ0v) is 11.7. The van der Waals surface area contributed by atoms with Gasteiger partial charge < -0.3 is 5.73 Å². The summed E-state index contributed by atoms with van der Waals surface area (Å²) in [5, 5.41) is 0. The lowest BCUT2D eigenvalue weighted by molar-refractivity contribution is 0.227. The number of nitrogens with two attached hydrogens (primary N) is 1. The molecule has 1 aliphatic carbocycles. The first kappa shape index (κ1) is 13.6.